The summed E-state index contributed by atoms with van der Waals surface area (Å²) in [6, 6.07) is 5.97. The number of terminal acetylenes is 1. The van der Waals surface area contributed by atoms with Crippen molar-refractivity contribution in [2.75, 3.05) is 38.2 Å². The van der Waals surface area contributed by atoms with Gasteiger partial charge in [-0.3, -0.25) is 4.98 Å². The fourth-order valence-electron chi connectivity index (χ4n) is 8.05. The number of aliphatic hydroxyl groups is 1. The van der Waals surface area contributed by atoms with Gasteiger partial charge in [0.15, 0.2) is 5.82 Å². The number of fused-ring (bicyclic) bond motifs is 3. The van der Waals surface area contributed by atoms with E-state index in [-0.39, 0.29) is 44.9 Å². The van der Waals surface area contributed by atoms with Gasteiger partial charge >= 0.3 is 6.01 Å². The number of aromatic nitrogens is 3. The summed E-state index contributed by atoms with van der Waals surface area (Å²) in [6.45, 7) is 4.19. The maximum Gasteiger partial charge on any atom is 0.319 e. The first-order valence-corrected chi connectivity index (χ1v) is 15.7. The molecule has 234 valence electrons. The van der Waals surface area contributed by atoms with Crippen molar-refractivity contribution in [1.29, 1.82) is 0 Å². The molecule has 0 bridgehead atoms. The van der Waals surface area contributed by atoms with Gasteiger partial charge < -0.3 is 24.7 Å². The lowest BCUT2D eigenvalue weighted by Gasteiger charge is -2.44. The van der Waals surface area contributed by atoms with Crippen molar-refractivity contribution in [2.24, 2.45) is 5.41 Å². The largest absolute Gasteiger partial charge is 0.508 e. The van der Waals surface area contributed by atoms with Crippen LogP contribution in [-0.4, -0.2) is 75.0 Å². The lowest BCUT2D eigenvalue weighted by molar-refractivity contribution is 0.0132. The number of phenols is 1. The number of nitrogens with zero attached hydrogens (tertiary/aromatic N) is 5. The van der Waals surface area contributed by atoms with E-state index in [9.17, 15) is 14.6 Å². The van der Waals surface area contributed by atoms with Gasteiger partial charge in [0, 0.05) is 41.7 Å². The molecule has 4 heterocycles. The van der Waals surface area contributed by atoms with Crippen LogP contribution >= 0.6 is 0 Å². The highest BCUT2D eigenvalue weighted by atomic mass is 19.1. The third-order valence-corrected chi connectivity index (χ3v) is 10.1. The van der Waals surface area contributed by atoms with Crippen molar-refractivity contribution >= 4 is 27.5 Å². The Morgan fingerprint density at radius 3 is 2.71 bits per heavy atom. The zero-order chi connectivity index (χ0) is 31.5. The molecule has 2 aromatic heterocycles. The number of β-amino-alcohol motifs (C(OH)–C–C–N with tert-alkyl or cyclic N) is 1. The van der Waals surface area contributed by atoms with Crippen LogP contribution in [0, 0.1) is 29.4 Å². The summed E-state index contributed by atoms with van der Waals surface area (Å²) >= 11 is 0. The van der Waals surface area contributed by atoms with E-state index in [1.807, 2.05) is 4.90 Å². The van der Waals surface area contributed by atoms with Gasteiger partial charge in [-0.05, 0) is 82.6 Å². The number of pyridine rings is 1. The fraction of sp³-hybridized carbons (Fsp3) is 0.457. The van der Waals surface area contributed by atoms with Gasteiger partial charge in [0.05, 0.1) is 23.2 Å². The summed E-state index contributed by atoms with van der Waals surface area (Å²) in [5.41, 5.74) is -0.996. The number of hydrogen-bond acceptors (Lipinski definition) is 8. The van der Waals surface area contributed by atoms with Gasteiger partial charge in [-0.2, -0.15) is 9.97 Å². The van der Waals surface area contributed by atoms with Crippen molar-refractivity contribution in [3.05, 3.63) is 47.7 Å². The van der Waals surface area contributed by atoms with E-state index in [4.69, 9.17) is 16.1 Å². The number of rotatable bonds is 5. The van der Waals surface area contributed by atoms with Crippen LogP contribution in [0.5, 0.6) is 11.8 Å². The lowest BCUT2D eigenvalue weighted by Crippen LogP contribution is -2.50. The molecule has 1 saturated carbocycles. The van der Waals surface area contributed by atoms with Gasteiger partial charge in [0.25, 0.3) is 0 Å². The highest BCUT2D eigenvalue weighted by Crippen LogP contribution is 2.47. The summed E-state index contributed by atoms with van der Waals surface area (Å²) in [4.78, 5) is 18.2. The molecule has 2 aliphatic heterocycles. The molecule has 1 aliphatic carbocycles. The molecule has 10 heteroatoms. The standard InChI is InChI=1S/C35H37F2N5O3/c1-4-23-26(36)10-9-21-16-22(43)17-24(28(21)23)30-29(37)31-25(18-38-30)32(42-15-6-11-34(2,44)19-42)40-33(39-31)45-20-35-12-5-8-27(35)41(3)14-7-13-35/h1,9-10,16-18,27,43-44H,5-8,11-15,19-20H2,2-3H3. The Balaban J connectivity index is 1.38. The first kappa shape index (κ1) is 29.6. The Labute approximate surface area is 261 Å². The molecule has 3 atom stereocenters. The molecule has 3 fully saturated rings. The SMILES string of the molecule is C#Cc1c(F)ccc2cc(O)cc(-c3ncc4c(N5CCCC(C)(O)C5)nc(OCC56CCCC5N(C)CCC6)nc4c3F)c12. The molecule has 0 amide bonds. The van der Waals surface area contributed by atoms with E-state index < -0.39 is 17.2 Å². The van der Waals surface area contributed by atoms with Crippen LogP contribution in [0.2, 0.25) is 0 Å². The van der Waals surface area contributed by atoms with Crippen LogP contribution in [0.4, 0.5) is 14.6 Å². The number of piperidine rings is 2. The Hall–Kier alpha value is -4.07. The predicted molar refractivity (Wildman–Crippen MR) is 169 cm³/mol. The average molecular weight is 614 g/mol. The Morgan fingerprint density at radius 1 is 1.11 bits per heavy atom. The molecule has 2 N–H and O–H groups in total. The van der Waals surface area contributed by atoms with Crippen LogP contribution < -0.4 is 9.64 Å². The number of ether oxygens (including phenoxy) is 1. The molecule has 0 radical (unpaired) electrons. The number of benzene rings is 2. The van der Waals surface area contributed by atoms with Gasteiger partial charge in [-0.1, -0.05) is 18.4 Å². The molecule has 8 nitrogen and oxygen atoms in total. The van der Waals surface area contributed by atoms with Gasteiger partial charge in [0.1, 0.15) is 28.6 Å². The van der Waals surface area contributed by atoms with E-state index >= 15 is 4.39 Å². The van der Waals surface area contributed by atoms with Gasteiger partial charge in [0.2, 0.25) is 0 Å². The lowest BCUT2D eigenvalue weighted by atomic mass is 9.76. The minimum atomic E-state index is -0.943. The average Bonchev–Trinajstić information content (AvgIpc) is 3.45. The molecule has 45 heavy (non-hydrogen) atoms. The second-order valence-electron chi connectivity index (χ2n) is 13.3. The van der Waals surface area contributed by atoms with E-state index in [1.54, 1.807) is 6.92 Å². The fourth-order valence-corrected chi connectivity index (χ4v) is 8.05. The summed E-state index contributed by atoms with van der Waals surface area (Å²) in [5, 5.41) is 22.5. The number of anilines is 1. The highest BCUT2D eigenvalue weighted by Gasteiger charge is 2.47. The molecular weight excluding hydrogens is 576 g/mol. The highest BCUT2D eigenvalue weighted by molar-refractivity contribution is 6.03. The first-order chi connectivity index (χ1) is 21.6. The summed E-state index contributed by atoms with van der Waals surface area (Å²) in [7, 11) is 2.17. The molecule has 3 unspecified atom stereocenters. The summed E-state index contributed by atoms with van der Waals surface area (Å²) < 4.78 is 38.0. The molecular formula is C35H37F2N5O3. The Bertz CT molecular complexity index is 1860. The van der Waals surface area contributed by atoms with Crippen LogP contribution in [0.25, 0.3) is 32.9 Å². The summed E-state index contributed by atoms with van der Waals surface area (Å²) in [6.07, 6.45) is 14.0. The van der Waals surface area contributed by atoms with Crippen LogP contribution in [-0.2, 0) is 0 Å². The number of phenolic OH excluding ortho intramolecular Hbond substituents is 1. The molecule has 0 spiro atoms. The summed E-state index contributed by atoms with van der Waals surface area (Å²) in [5.74, 6) is 1.28. The maximum atomic E-state index is 16.8. The van der Waals surface area contributed by atoms with Crippen LogP contribution in [0.15, 0.2) is 30.5 Å². The van der Waals surface area contributed by atoms with Crippen LogP contribution in [0.3, 0.4) is 0 Å². The zero-order valence-electron chi connectivity index (χ0n) is 25.6. The van der Waals surface area contributed by atoms with E-state index in [2.05, 4.69) is 27.8 Å². The molecule has 3 aliphatic rings. The minimum absolute atomic E-state index is 0.0124. The van der Waals surface area contributed by atoms with E-state index in [0.717, 1.165) is 45.1 Å². The number of aromatic hydroxyl groups is 1. The van der Waals surface area contributed by atoms with Gasteiger partial charge in [-0.25, -0.2) is 8.78 Å². The second-order valence-corrected chi connectivity index (χ2v) is 13.3. The number of hydrogen-bond donors (Lipinski definition) is 2. The van der Waals surface area contributed by atoms with Crippen molar-refractivity contribution in [2.45, 2.75) is 63.5 Å². The van der Waals surface area contributed by atoms with Crippen LogP contribution in [0.1, 0.15) is 57.4 Å². The monoisotopic (exact) mass is 613 g/mol. The third kappa shape index (κ3) is 5.12. The normalized spacial score (nSPS) is 25.4. The van der Waals surface area contributed by atoms with Crippen molar-refractivity contribution < 1.29 is 23.7 Å². The van der Waals surface area contributed by atoms with E-state index in [1.165, 1.54) is 30.5 Å². The zero-order valence-corrected chi connectivity index (χ0v) is 25.6. The molecule has 2 aromatic carbocycles. The quantitative estimate of drug-likeness (QED) is 0.273. The topological polar surface area (TPSA) is 94.8 Å². The van der Waals surface area contributed by atoms with Crippen molar-refractivity contribution in [3.8, 4) is 35.4 Å². The minimum Gasteiger partial charge on any atom is -0.508 e. The maximum absolute atomic E-state index is 16.8. The molecule has 2 saturated heterocycles. The second kappa shape index (κ2) is 11.1. The smallest absolute Gasteiger partial charge is 0.319 e. The predicted octanol–water partition coefficient (Wildman–Crippen LogP) is 5.80. The molecule has 7 rings (SSSR count). The molecule has 4 aromatic rings. The number of likely N-dealkylation sites (tertiary alicyclic amines) is 1. The Kier molecular flexibility index (Phi) is 7.29. The van der Waals surface area contributed by atoms with E-state index in [0.29, 0.717) is 48.7 Å². The van der Waals surface area contributed by atoms with Crippen molar-refractivity contribution in [3.63, 3.8) is 0 Å². The van der Waals surface area contributed by atoms with Crippen molar-refractivity contribution in [1.82, 2.24) is 19.9 Å². The third-order valence-electron chi connectivity index (χ3n) is 10.1. The number of halogens is 2. The Morgan fingerprint density at radius 2 is 1.91 bits per heavy atom. The first-order valence-electron chi connectivity index (χ1n) is 15.7. The van der Waals surface area contributed by atoms with Gasteiger partial charge in [-0.15, -0.1) is 6.42 Å².